The molecule has 2 bridgehead atoms. The van der Waals surface area contributed by atoms with Gasteiger partial charge in [-0.1, -0.05) is 37.3 Å². The van der Waals surface area contributed by atoms with Gasteiger partial charge in [-0.2, -0.15) is 0 Å². The molecule has 5 heteroatoms. The molecule has 28 heavy (non-hydrogen) atoms. The van der Waals surface area contributed by atoms with Gasteiger partial charge in [-0.15, -0.1) is 0 Å². The second kappa shape index (κ2) is 7.51. The monoisotopic (exact) mass is 384 g/mol. The molecular formula is C23H32N2O3. The molecule has 2 amide bonds. The van der Waals surface area contributed by atoms with E-state index in [9.17, 15) is 9.59 Å². The van der Waals surface area contributed by atoms with E-state index in [4.69, 9.17) is 4.74 Å². The summed E-state index contributed by atoms with van der Waals surface area (Å²) in [4.78, 5) is 30.2. The Morgan fingerprint density at radius 1 is 1.14 bits per heavy atom. The Kier molecular flexibility index (Phi) is 5.21. The first-order valence-corrected chi connectivity index (χ1v) is 10.7. The number of carbonyl (C=O) groups is 2. The SMILES string of the molecule is CCOCC(=O)N1[C@H]2CCC[C@H]3N(C(C)=O)[C@@H](Cc4ccccc4)[C@@H]1C[C@@]23C. The standard InChI is InChI=1S/C23H32N2O3/c1-4-28-15-22(27)25-19-14-23(3)20(11-8-12-21(23)25)24(16(2)26)18(19)13-17-9-6-5-7-10-17/h5-7,9-10,18-21H,4,8,11-15H2,1-3H3/t18-,19-,20+,21-,23+/m0/s1. The fraction of sp³-hybridized carbons (Fsp3) is 0.652. The summed E-state index contributed by atoms with van der Waals surface area (Å²) >= 11 is 0. The fourth-order valence-electron chi connectivity index (χ4n) is 6.26. The molecule has 2 aliphatic heterocycles. The number of rotatable bonds is 5. The first-order chi connectivity index (χ1) is 13.5. The smallest absolute Gasteiger partial charge is 0.249 e. The minimum absolute atomic E-state index is 0.0103. The zero-order valence-electron chi connectivity index (χ0n) is 17.3. The Labute approximate surface area is 168 Å². The van der Waals surface area contributed by atoms with Crippen LogP contribution in [0.25, 0.3) is 0 Å². The molecule has 0 unspecified atom stereocenters. The number of fused-ring (bicyclic) bond motifs is 1. The third-order valence-corrected chi connectivity index (χ3v) is 7.33. The molecule has 1 saturated carbocycles. The summed E-state index contributed by atoms with van der Waals surface area (Å²) in [5, 5.41) is 0. The first-order valence-electron chi connectivity index (χ1n) is 10.7. The molecule has 5 atom stereocenters. The molecule has 0 radical (unpaired) electrons. The molecule has 0 N–H and O–H groups in total. The second-order valence-corrected chi connectivity index (χ2v) is 8.86. The molecule has 2 heterocycles. The van der Waals surface area contributed by atoms with Gasteiger partial charge in [0.15, 0.2) is 0 Å². The van der Waals surface area contributed by atoms with E-state index in [1.54, 1.807) is 6.92 Å². The van der Waals surface area contributed by atoms with Crippen LogP contribution < -0.4 is 0 Å². The molecule has 3 fully saturated rings. The zero-order chi connectivity index (χ0) is 19.9. The van der Waals surface area contributed by atoms with Crippen LogP contribution in [0.1, 0.15) is 52.0 Å². The van der Waals surface area contributed by atoms with E-state index in [0.29, 0.717) is 6.61 Å². The summed E-state index contributed by atoms with van der Waals surface area (Å²) in [7, 11) is 0. The predicted molar refractivity (Wildman–Crippen MR) is 108 cm³/mol. The number of benzene rings is 1. The number of hydrogen-bond acceptors (Lipinski definition) is 3. The lowest BCUT2D eigenvalue weighted by Gasteiger charge is -2.52. The van der Waals surface area contributed by atoms with Crippen molar-refractivity contribution >= 4 is 11.8 Å². The third-order valence-electron chi connectivity index (χ3n) is 7.33. The van der Waals surface area contributed by atoms with Gasteiger partial charge >= 0.3 is 0 Å². The van der Waals surface area contributed by atoms with Gasteiger partial charge in [0, 0.05) is 31.0 Å². The maximum absolute atomic E-state index is 13.2. The van der Waals surface area contributed by atoms with Crippen molar-refractivity contribution in [3.05, 3.63) is 35.9 Å². The van der Waals surface area contributed by atoms with Crippen molar-refractivity contribution in [1.29, 1.82) is 0 Å². The largest absolute Gasteiger partial charge is 0.372 e. The van der Waals surface area contributed by atoms with Crippen LogP contribution in [-0.4, -0.2) is 59.0 Å². The molecule has 0 spiro atoms. The molecule has 3 aliphatic rings. The third kappa shape index (κ3) is 3.04. The number of carbonyl (C=O) groups excluding carboxylic acids is 2. The van der Waals surface area contributed by atoms with Gasteiger partial charge in [-0.3, -0.25) is 9.59 Å². The highest BCUT2D eigenvalue weighted by molar-refractivity contribution is 5.80. The molecule has 1 aromatic rings. The van der Waals surface area contributed by atoms with Crippen LogP contribution in [0.3, 0.4) is 0 Å². The van der Waals surface area contributed by atoms with Gasteiger partial charge in [0.05, 0.1) is 12.1 Å². The Hall–Kier alpha value is -1.88. The van der Waals surface area contributed by atoms with Gasteiger partial charge in [0.25, 0.3) is 0 Å². The Bertz CT molecular complexity index is 737. The average Bonchev–Trinajstić information content (AvgIpc) is 2.99. The van der Waals surface area contributed by atoms with Gasteiger partial charge < -0.3 is 14.5 Å². The summed E-state index contributed by atoms with van der Waals surface area (Å²) in [6.45, 7) is 6.60. The van der Waals surface area contributed by atoms with Crippen LogP contribution >= 0.6 is 0 Å². The van der Waals surface area contributed by atoms with E-state index in [-0.39, 0.29) is 48.0 Å². The minimum atomic E-state index is -0.0103. The Morgan fingerprint density at radius 3 is 2.46 bits per heavy atom. The first kappa shape index (κ1) is 19.4. The highest BCUT2D eigenvalue weighted by Gasteiger charge is 2.64. The fourth-order valence-corrected chi connectivity index (χ4v) is 6.26. The molecular weight excluding hydrogens is 352 g/mol. The van der Waals surface area contributed by atoms with E-state index in [1.807, 2.05) is 25.1 Å². The topological polar surface area (TPSA) is 49.9 Å². The van der Waals surface area contributed by atoms with Crippen LogP contribution in [0.5, 0.6) is 0 Å². The molecule has 0 aromatic heterocycles. The molecule has 1 aliphatic carbocycles. The number of likely N-dealkylation sites (tertiary alicyclic amines) is 2. The van der Waals surface area contributed by atoms with E-state index in [0.717, 1.165) is 32.1 Å². The van der Waals surface area contributed by atoms with Crippen molar-refractivity contribution in [3.63, 3.8) is 0 Å². The van der Waals surface area contributed by atoms with Crippen molar-refractivity contribution in [1.82, 2.24) is 9.80 Å². The van der Waals surface area contributed by atoms with Crippen molar-refractivity contribution in [2.75, 3.05) is 13.2 Å². The predicted octanol–water partition coefficient (Wildman–Crippen LogP) is 3.02. The van der Waals surface area contributed by atoms with E-state index < -0.39 is 0 Å². The average molecular weight is 385 g/mol. The summed E-state index contributed by atoms with van der Waals surface area (Å²) in [6.07, 6.45) is 4.92. The van der Waals surface area contributed by atoms with Gasteiger partial charge in [0.1, 0.15) is 6.61 Å². The zero-order valence-corrected chi connectivity index (χ0v) is 17.3. The Balaban J connectivity index is 1.73. The number of ether oxygens (including phenoxy) is 1. The van der Waals surface area contributed by atoms with Crippen molar-refractivity contribution < 1.29 is 14.3 Å². The summed E-state index contributed by atoms with van der Waals surface area (Å²) in [5.41, 5.74) is 1.21. The van der Waals surface area contributed by atoms with Crippen LogP contribution in [0.15, 0.2) is 30.3 Å². The van der Waals surface area contributed by atoms with Gasteiger partial charge in [0.2, 0.25) is 11.8 Å². The van der Waals surface area contributed by atoms with Crippen LogP contribution in [0.2, 0.25) is 0 Å². The summed E-state index contributed by atoms with van der Waals surface area (Å²) < 4.78 is 5.48. The highest BCUT2D eigenvalue weighted by atomic mass is 16.5. The van der Waals surface area contributed by atoms with Gasteiger partial charge in [-0.25, -0.2) is 0 Å². The number of piperidine rings is 1. The van der Waals surface area contributed by atoms with Crippen LogP contribution in [-0.2, 0) is 20.7 Å². The number of amides is 2. The van der Waals surface area contributed by atoms with E-state index in [2.05, 4.69) is 28.9 Å². The highest BCUT2D eigenvalue weighted by Crippen LogP contribution is 2.56. The van der Waals surface area contributed by atoms with Crippen molar-refractivity contribution in [2.45, 2.75) is 77.0 Å². The molecule has 5 nitrogen and oxygen atoms in total. The molecule has 4 rings (SSSR count). The lowest BCUT2D eigenvalue weighted by Crippen LogP contribution is -2.62. The normalized spacial score (nSPS) is 33.8. The number of nitrogens with zero attached hydrogens (tertiary/aromatic N) is 2. The van der Waals surface area contributed by atoms with Crippen molar-refractivity contribution in [2.24, 2.45) is 5.41 Å². The van der Waals surface area contributed by atoms with E-state index in [1.165, 1.54) is 5.56 Å². The maximum Gasteiger partial charge on any atom is 0.249 e. The lowest BCUT2D eigenvalue weighted by molar-refractivity contribution is -0.144. The molecule has 1 aromatic carbocycles. The molecule has 2 saturated heterocycles. The summed E-state index contributed by atoms with van der Waals surface area (Å²) in [6, 6.07) is 10.9. The minimum Gasteiger partial charge on any atom is -0.372 e. The maximum atomic E-state index is 13.2. The lowest BCUT2D eigenvalue weighted by atomic mass is 9.64. The Morgan fingerprint density at radius 2 is 1.82 bits per heavy atom. The summed E-state index contributed by atoms with van der Waals surface area (Å²) in [5.74, 6) is 0.228. The van der Waals surface area contributed by atoms with Crippen LogP contribution in [0, 0.1) is 5.41 Å². The number of hydrogen-bond donors (Lipinski definition) is 0. The quantitative estimate of drug-likeness (QED) is 0.784. The van der Waals surface area contributed by atoms with Crippen LogP contribution in [0.4, 0.5) is 0 Å². The van der Waals surface area contributed by atoms with Gasteiger partial charge in [-0.05, 0) is 44.6 Å². The molecule has 152 valence electrons. The second-order valence-electron chi connectivity index (χ2n) is 8.86. The van der Waals surface area contributed by atoms with E-state index >= 15 is 0 Å². The van der Waals surface area contributed by atoms with Crippen molar-refractivity contribution in [3.8, 4) is 0 Å².